The van der Waals surface area contributed by atoms with Gasteiger partial charge in [0.2, 0.25) is 0 Å². The highest BCUT2D eigenvalue weighted by Gasteiger charge is 2.33. The van der Waals surface area contributed by atoms with Gasteiger partial charge < -0.3 is 4.74 Å². The van der Waals surface area contributed by atoms with E-state index >= 15 is 0 Å². The third-order valence-corrected chi connectivity index (χ3v) is 24.0. The largest absolute Gasteiger partial charge is 0.459 e. The Balaban J connectivity index is 1.03. The molecule has 13 aromatic carbocycles. The SMILES string of the molecule is CCCCCCCCCCCCc1cc2c3cc(Br)cc4c5cc(CCCCCCCCCCCC)cc6c7cc(CCCCCCCCCCCC)cc8c9cc(C#CC(=O)OC)cc%10c%11cc(CCCCCCCCCCCC)cc%12c(c1)c2c1c(c34)c(c56)c(c87)c(c%109)c1c%11%12. The second-order valence-corrected chi connectivity index (χ2v) is 31.7. The standard InChI is InChI=1S/C94H115BrO2/c1-6-10-14-18-22-26-30-34-38-42-46-64-52-70-72-56-66(48-44-40-36-32-28-24-20-16-12-8-3)58-78-80-62-69(95)63-81-79-59-67(49-45-41-37-33-29-25-21-17-13-9-4)57-73-71-53-65(47-43-39-35-31-27-23-19-15-11-7-2)55-75-77-61-68(50-51-82(96)97-5)60-76-74(54-64)83(70)89-91(85(76)77)90(84(71)75)93(87(73)79)94(88(80)81)92(89)86(72)78/h52-63H,6-49H2,1-5H3. The molecule has 0 aliphatic carbocycles. The van der Waals surface area contributed by atoms with Gasteiger partial charge in [-0.05, 0) is 227 Å². The monoisotopic (exact) mass is 1350 g/mol. The molecule has 0 saturated heterocycles. The number of methoxy groups -OCH3 is 1. The van der Waals surface area contributed by atoms with Gasteiger partial charge in [-0.3, -0.25) is 0 Å². The fourth-order valence-electron chi connectivity index (χ4n) is 18.6. The summed E-state index contributed by atoms with van der Waals surface area (Å²) in [6.07, 6.45) is 57.7. The molecular weight excluding hydrogens is 1240 g/mol. The number of unbranched alkanes of at least 4 members (excludes halogenated alkanes) is 36. The number of halogens is 1. The van der Waals surface area contributed by atoms with E-state index in [1.807, 2.05) is 0 Å². The molecule has 0 radical (unpaired) electrons. The van der Waals surface area contributed by atoms with Gasteiger partial charge in [-0.1, -0.05) is 329 Å². The van der Waals surface area contributed by atoms with E-state index < -0.39 is 5.97 Å². The van der Waals surface area contributed by atoms with Crippen LogP contribution in [-0.2, 0) is 35.2 Å². The summed E-state index contributed by atoms with van der Waals surface area (Å²) in [7, 11) is 1.45. The summed E-state index contributed by atoms with van der Waals surface area (Å²) >= 11 is 4.29. The molecule has 13 aromatic rings. The first-order valence-corrected chi connectivity index (χ1v) is 41.2. The Labute approximate surface area is 591 Å². The first-order valence-electron chi connectivity index (χ1n) is 40.4. The molecule has 0 bridgehead atoms. The van der Waals surface area contributed by atoms with E-state index in [0.717, 1.165) is 31.2 Å². The molecule has 0 spiro atoms. The minimum atomic E-state index is -0.495. The molecule has 510 valence electrons. The molecule has 0 fully saturated rings. The van der Waals surface area contributed by atoms with Crippen molar-refractivity contribution < 1.29 is 9.53 Å². The molecule has 0 amide bonds. The van der Waals surface area contributed by atoms with E-state index in [1.165, 1.54) is 420 Å². The lowest BCUT2D eigenvalue weighted by molar-refractivity contribution is -0.133. The lowest BCUT2D eigenvalue weighted by Gasteiger charge is -2.30. The quantitative estimate of drug-likeness (QED) is 0.0125. The van der Waals surface area contributed by atoms with Crippen LogP contribution in [0.15, 0.2) is 77.3 Å². The maximum absolute atomic E-state index is 13.1. The average Bonchev–Trinajstić information content (AvgIpc) is 0.644. The van der Waals surface area contributed by atoms with Crippen molar-refractivity contribution in [2.24, 2.45) is 0 Å². The van der Waals surface area contributed by atoms with Crippen LogP contribution in [0.2, 0.25) is 0 Å². The molecule has 13 rings (SSSR count). The Kier molecular flexibility index (Phi) is 24.0. The highest BCUT2D eigenvalue weighted by atomic mass is 79.9. The van der Waals surface area contributed by atoms with E-state index in [1.54, 1.807) is 0 Å². The van der Waals surface area contributed by atoms with Crippen LogP contribution in [0.3, 0.4) is 0 Å². The number of hydrogen-bond acceptors (Lipinski definition) is 2. The van der Waals surface area contributed by atoms with Gasteiger partial charge >= 0.3 is 5.97 Å². The van der Waals surface area contributed by atoms with Crippen LogP contribution in [-0.4, -0.2) is 13.1 Å². The summed E-state index contributed by atoms with van der Waals surface area (Å²) in [5.74, 6) is 5.88. The van der Waals surface area contributed by atoms with Crippen LogP contribution in [0, 0.1) is 11.8 Å². The zero-order chi connectivity index (χ0) is 66.6. The third-order valence-electron chi connectivity index (χ3n) is 23.5. The van der Waals surface area contributed by atoms with Gasteiger partial charge in [0, 0.05) is 16.0 Å². The number of ether oxygens (including phenoxy) is 1. The first-order chi connectivity index (χ1) is 47.8. The van der Waals surface area contributed by atoms with E-state index in [4.69, 9.17) is 4.74 Å². The van der Waals surface area contributed by atoms with Crippen LogP contribution in [0.1, 0.15) is 312 Å². The van der Waals surface area contributed by atoms with Gasteiger partial charge in [0.1, 0.15) is 0 Å². The van der Waals surface area contributed by atoms with Gasteiger partial charge in [-0.15, -0.1) is 0 Å². The number of benzene rings is 13. The molecule has 0 aliphatic rings. The van der Waals surface area contributed by atoms with E-state index in [-0.39, 0.29) is 0 Å². The number of carbonyl (C=O) groups excluding carboxylic acids is 1. The Morgan fingerprint density at radius 2 is 0.454 bits per heavy atom. The molecule has 3 heteroatoms. The van der Waals surface area contributed by atoms with Crippen molar-refractivity contribution in [3.05, 3.63) is 105 Å². The van der Waals surface area contributed by atoms with Crippen LogP contribution in [0.4, 0.5) is 0 Å². The number of rotatable bonds is 44. The molecule has 2 nitrogen and oxygen atoms in total. The Hall–Kier alpha value is -5.95. The Morgan fingerprint density at radius 3 is 0.660 bits per heavy atom. The van der Waals surface area contributed by atoms with Crippen molar-refractivity contribution in [3.63, 3.8) is 0 Å². The second-order valence-electron chi connectivity index (χ2n) is 30.8. The Bertz CT molecular complexity index is 4470. The van der Waals surface area contributed by atoms with E-state index in [9.17, 15) is 4.79 Å². The van der Waals surface area contributed by atoms with Gasteiger partial charge in [-0.2, -0.15) is 0 Å². The van der Waals surface area contributed by atoms with Crippen LogP contribution < -0.4 is 0 Å². The topological polar surface area (TPSA) is 26.3 Å². The van der Waals surface area contributed by atoms with Crippen molar-refractivity contribution >= 4 is 151 Å². The summed E-state index contributed by atoms with van der Waals surface area (Å²) in [5, 5.41) is 33.9. The predicted molar refractivity (Wildman–Crippen MR) is 432 cm³/mol. The summed E-state index contributed by atoms with van der Waals surface area (Å²) < 4.78 is 6.42. The predicted octanol–water partition coefficient (Wildman–Crippen LogP) is 30.3. The second kappa shape index (κ2) is 33.5. The molecule has 0 aliphatic heterocycles. The summed E-state index contributed by atoms with van der Waals surface area (Å²) in [4.78, 5) is 13.1. The zero-order valence-electron chi connectivity index (χ0n) is 60.7. The van der Waals surface area contributed by atoms with Crippen molar-refractivity contribution in [2.75, 3.05) is 7.11 Å². The molecule has 0 aromatic heterocycles. The normalized spacial score (nSPS) is 12.6. The molecule has 0 atom stereocenters. The van der Waals surface area contributed by atoms with Crippen LogP contribution >= 0.6 is 15.9 Å². The molecule has 97 heavy (non-hydrogen) atoms. The average molecular weight is 1360 g/mol. The zero-order valence-corrected chi connectivity index (χ0v) is 62.3. The van der Waals surface area contributed by atoms with Crippen molar-refractivity contribution in [3.8, 4) is 11.8 Å². The highest BCUT2D eigenvalue weighted by molar-refractivity contribution is 9.10. The van der Waals surface area contributed by atoms with Crippen molar-refractivity contribution in [1.29, 1.82) is 0 Å². The number of hydrogen-bond donors (Lipinski definition) is 0. The van der Waals surface area contributed by atoms with E-state index in [2.05, 4.69) is 128 Å². The molecule has 0 saturated carbocycles. The van der Waals surface area contributed by atoms with Gasteiger partial charge in [0.05, 0.1) is 7.11 Å². The molecular formula is C94H115BrO2. The minimum absolute atomic E-state index is 0.495. The van der Waals surface area contributed by atoms with Gasteiger partial charge in [-0.25, -0.2) is 4.79 Å². The summed E-state index contributed by atoms with van der Waals surface area (Å²) in [6.45, 7) is 9.29. The van der Waals surface area contributed by atoms with Crippen molar-refractivity contribution in [2.45, 2.75) is 310 Å². The first kappa shape index (κ1) is 69.5. The highest BCUT2D eigenvalue weighted by Crippen LogP contribution is 2.61. The van der Waals surface area contributed by atoms with E-state index in [0.29, 0.717) is 0 Å². The maximum Gasteiger partial charge on any atom is 0.384 e. The molecule has 0 heterocycles. The summed E-state index contributed by atoms with van der Waals surface area (Å²) in [5.41, 5.74) is 6.72. The number of esters is 1. The number of fused-ring (bicyclic) bond motifs is 6. The minimum Gasteiger partial charge on any atom is -0.459 e. The van der Waals surface area contributed by atoms with Crippen molar-refractivity contribution in [1.82, 2.24) is 0 Å². The third kappa shape index (κ3) is 14.8. The summed E-state index contributed by atoms with van der Waals surface area (Å²) in [6, 6.07) is 31.1. The fraction of sp³-hybridized carbons (Fsp3) is 0.521. The van der Waals surface area contributed by atoms with Gasteiger partial charge in [0.15, 0.2) is 0 Å². The lowest BCUT2D eigenvalue weighted by Crippen LogP contribution is -2.02. The number of aryl methyl sites for hydroxylation is 4. The molecule has 0 unspecified atom stereocenters. The van der Waals surface area contributed by atoms with Crippen LogP contribution in [0.5, 0.6) is 0 Å². The van der Waals surface area contributed by atoms with Crippen LogP contribution in [0.25, 0.3) is 129 Å². The lowest BCUT2D eigenvalue weighted by atomic mass is 9.72. The smallest absolute Gasteiger partial charge is 0.384 e. The Morgan fingerprint density at radius 1 is 0.268 bits per heavy atom. The maximum atomic E-state index is 13.1. The number of carbonyl (C=O) groups is 1. The fourth-order valence-corrected chi connectivity index (χ4v) is 19.0. The molecule has 0 N–H and O–H groups in total. The van der Waals surface area contributed by atoms with Gasteiger partial charge in [0.25, 0.3) is 0 Å².